The predicted molar refractivity (Wildman–Crippen MR) is 56.1 cm³/mol. The molecule has 54 valence electrons. The van der Waals surface area contributed by atoms with Crippen molar-refractivity contribution in [2.75, 3.05) is 0 Å². The van der Waals surface area contributed by atoms with E-state index in [4.69, 9.17) is 0 Å². The van der Waals surface area contributed by atoms with Gasteiger partial charge in [0, 0.05) is 26.5 Å². The van der Waals surface area contributed by atoms with E-state index in [0.29, 0.717) is 0 Å². The van der Waals surface area contributed by atoms with Gasteiger partial charge in [-0.2, -0.15) is 0 Å². The zero-order valence-corrected chi connectivity index (χ0v) is 9.10. The Morgan fingerprint density at radius 3 is 2.33 bits per heavy atom. The highest BCUT2D eigenvalue weighted by molar-refractivity contribution is 14.2. The Morgan fingerprint density at radius 2 is 1.78 bits per heavy atom. The Bertz CT molecular complexity index is 68.7. The zero-order valence-electron chi connectivity index (χ0n) is 5.31. The molecule has 1 rings (SSSR count). The molecule has 0 aromatic rings. The van der Waals surface area contributed by atoms with Crippen LogP contribution in [0.2, 0.25) is 0 Å². The number of halogens is 1. The van der Waals surface area contributed by atoms with Crippen LogP contribution in [0, 0.1) is 0 Å². The third-order valence-electron chi connectivity index (χ3n) is 1.72. The van der Waals surface area contributed by atoms with Crippen LogP contribution in [-0.2, 0) is 0 Å². The summed E-state index contributed by atoms with van der Waals surface area (Å²) in [5.41, 5.74) is 0. The summed E-state index contributed by atoms with van der Waals surface area (Å²) in [4.78, 5) is 0. The molecular weight excluding hydrogens is 263 g/mol. The van der Waals surface area contributed by atoms with Crippen LogP contribution in [-0.4, -0.2) is 5.25 Å². The van der Waals surface area contributed by atoms with E-state index in [0.717, 1.165) is 5.25 Å². The number of rotatable bonds is 2. The second-order valence-corrected chi connectivity index (χ2v) is 7.60. The molecular formula is C6H11IS2. The molecule has 0 bridgehead atoms. The van der Waals surface area contributed by atoms with Crippen LogP contribution in [0.15, 0.2) is 0 Å². The Morgan fingerprint density at radius 1 is 1.11 bits per heavy atom. The first-order chi connectivity index (χ1) is 4.43. The quantitative estimate of drug-likeness (QED) is 0.550. The monoisotopic (exact) mass is 274 g/mol. The van der Waals surface area contributed by atoms with Crippen molar-refractivity contribution in [1.29, 1.82) is 0 Å². The molecule has 0 aliphatic heterocycles. The van der Waals surface area contributed by atoms with Gasteiger partial charge in [-0.1, -0.05) is 30.1 Å². The van der Waals surface area contributed by atoms with Crippen molar-refractivity contribution in [3.63, 3.8) is 0 Å². The average Bonchev–Trinajstić information content (AvgIpc) is 1.91. The van der Waals surface area contributed by atoms with E-state index in [1.165, 1.54) is 32.1 Å². The fourth-order valence-electron chi connectivity index (χ4n) is 1.21. The molecule has 0 aromatic heterocycles. The average molecular weight is 274 g/mol. The first-order valence-electron chi connectivity index (χ1n) is 3.37. The van der Waals surface area contributed by atoms with E-state index in [-0.39, 0.29) is 0 Å². The maximum atomic E-state index is 2.37. The first-order valence-corrected chi connectivity index (χ1v) is 8.13. The van der Waals surface area contributed by atoms with Crippen molar-refractivity contribution in [3.8, 4) is 0 Å². The van der Waals surface area contributed by atoms with Gasteiger partial charge in [-0.3, -0.25) is 0 Å². The predicted octanol–water partition coefficient (Wildman–Crippen LogP) is 4.05. The summed E-state index contributed by atoms with van der Waals surface area (Å²) in [6, 6.07) is 0. The van der Waals surface area contributed by atoms with Gasteiger partial charge >= 0.3 is 0 Å². The second kappa shape index (κ2) is 5.13. The molecule has 1 aliphatic rings. The number of hydrogen-bond donors (Lipinski definition) is 0. The Labute approximate surface area is 76.9 Å². The van der Waals surface area contributed by atoms with Crippen molar-refractivity contribution in [3.05, 3.63) is 0 Å². The van der Waals surface area contributed by atoms with Gasteiger partial charge in [0.25, 0.3) is 0 Å². The van der Waals surface area contributed by atoms with Crippen LogP contribution in [0.1, 0.15) is 32.1 Å². The van der Waals surface area contributed by atoms with Crippen LogP contribution < -0.4 is 0 Å². The highest BCUT2D eigenvalue weighted by atomic mass is 127. The van der Waals surface area contributed by atoms with Crippen LogP contribution in [0.4, 0.5) is 0 Å². The molecule has 1 saturated carbocycles. The van der Waals surface area contributed by atoms with Gasteiger partial charge in [0.2, 0.25) is 0 Å². The summed E-state index contributed by atoms with van der Waals surface area (Å²) >= 11 is 2.37. The van der Waals surface area contributed by atoms with E-state index < -0.39 is 0 Å². The summed E-state index contributed by atoms with van der Waals surface area (Å²) in [7, 11) is 3.95. The highest BCUT2D eigenvalue weighted by Crippen LogP contribution is 2.39. The smallest absolute Gasteiger partial charge is 0.0159 e. The summed E-state index contributed by atoms with van der Waals surface area (Å²) < 4.78 is 0. The lowest BCUT2D eigenvalue weighted by Gasteiger charge is -2.18. The van der Waals surface area contributed by atoms with Crippen LogP contribution in [0.25, 0.3) is 0 Å². The minimum absolute atomic E-state index is 0.973. The first kappa shape index (κ1) is 8.53. The maximum absolute atomic E-state index is 2.37. The SMILES string of the molecule is ISSC1CCCCC1. The summed E-state index contributed by atoms with van der Waals surface area (Å²) in [5, 5.41) is 0.973. The standard InChI is InChI=1S/C6H11IS2/c7-9-8-6-4-2-1-3-5-6/h6H,1-5H2. The maximum Gasteiger partial charge on any atom is 0.0159 e. The molecule has 0 amide bonds. The van der Waals surface area contributed by atoms with Gasteiger partial charge in [-0.05, 0) is 20.8 Å². The minimum atomic E-state index is 0.973. The van der Waals surface area contributed by atoms with E-state index in [1.54, 1.807) is 0 Å². The molecule has 0 atom stereocenters. The van der Waals surface area contributed by atoms with Crippen LogP contribution >= 0.6 is 40.0 Å². The molecule has 0 spiro atoms. The third kappa shape index (κ3) is 3.37. The molecule has 0 heterocycles. The normalized spacial score (nSPS) is 22.3. The van der Waals surface area contributed by atoms with Gasteiger partial charge in [0.1, 0.15) is 0 Å². The Hall–Kier alpha value is 1.43. The van der Waals surface area contributed by atoms with Crippen molar-refractivity contribution in [2.24, 2.45) is 0 Å². The highest BCUT2D eigenvalue weighted by Gasteiger charge is 2.12. The number of hydrogen-bond acceptors (Lipinski definition) is 2. The lowest BCUT2D eigenvalue weighted by atomic mass is 10.0. The van der Waals surface area contributed by atoms with E-state index in [1.807, 2.05) is 7.97 Å². The van der Waals surface area contributed by atoms with Crippen molar-refractivity contribution in [2.45, 2.75) is 37.4 Å². The molecule has 0 aromatic carbocycles. The lowest BCUT2D eigenvalue weighted by molar-refractivity contribution is 0.517. The van der Waals surface area contributed by atoms with Crippen molar-refractivity contribution < 1.29 is 0 Å². The van der Waals surface area contributed by atoms with Gasteiger partial charge < -0.3 is 0 Å². The fraction of sp³-hybridized carbons (Fsp3) is 1.00. The molecule has 0 saturated heterocycles. The summed E-state index contributed by atoms with van der Waals surface area (Å²) in [5.74, 6) is 0. The van der Waals surface area contributed by atoms with Gasteiger partial charge in [-0.25, -0.2) is 0 Å². The van der Waals surface area contributed by atoms with E-state index >= 15 is 0 Å². The van der Waals surface area contributed by atoms with Crippen molar-refractivity contribution in [1.82, 2.24) is 0 Å². The summed E-state index contributed by atoms with van der Waals surface area (Å²) in [6.07, 6.45) is 7.33. The van der Waals surface area contributed by atoms with E-state index in [9.17, 15) is 0 Å². The van der Waals surface area contributed by atoms with Gasteiger partial charge in [0.15, 0.2) is 0 Å². The molecule has 1 fully saturated rings. The molecule has 9 heavy (non-hydrogen) atoms. The topological polar surface area (TPSA) is 0 Å². The minimum Gasteiger partial charge on any atom is -0.0796 e. The van der Waals surface area contributed by atoms with Gasteiger partial charge in [0.05, 0.1) is 0 Å². The second-order valence-electron chi connectivity index (χ2n) is 2.42. The van der Waals surface area contributed by atoms with E-state index in [2.05, 4.69) is 32.0 Å². The van der Waals surface area contributed by atoms with Gasteiger partial charge in [-0.15, -0.1) is 0 Å². The Balaban J connectivity index is 2.08. The zero-order chi connectivity index (χ0) is 6.53. The molecule has 0 unspecified atom stereocenters. The Kier molecular flexibility index (Phi) is 4.86. The lowest BCUT2D eigenvalue weighted by Crippen LogP contribution is -2.05. The molecule has 0 radical (unpaired) electrons. The molecule has 3 heteroatoms. The van der Waals surface area contributed by atoms with Crippen LogP contribution in [0.5, 0.6) is 0 Å². The summed E-state index contributed by atoms with van der Waals surface area (Å²) in [6.45, 7) is 0. The van der Waals surface area contributed by atoms with Crippen molar-refractivity contribution >= 4 is 40.0 Å². The third-order valence-corrected chi connectivity index (χ3v) is 5.44. The largest absolute Gasteiger partial charge is 0.0796 e. The van der Waals surface area contributed by atoms with Crippen LogP contribution in [0.3, 0.4) is 0 Å². The molecule has 1 aliphatic carbocycles. The molecule has 0 N–H and O–H groups in total. The molecule has 0 nitrogen and oxygen atoms in total. The fourth-order valence-corrected chi connectivity index (χ4v) is 5.37.